The van der Waals surface area contributed by atoms with Gasteiger partial charge in [-0.1, -0.05) is 133 Å². The molecule has 0 aliphatic heterocycles. The Labute approximate surface area is 308 Å². The van der Waals surface area contributed by atoms with Crippen LogP contribution in [0.2, 0.25) is 0 Å². The van der Waals surface area contributed by atoms with Gasteiger partial charge in [-0.15, -0.1) is 0 Å². The van der Waals surface area contributed by atoms with Crippen molar-refractivity contribution in [1.82, 2.24) is 9.97 Å². The molecule has 1 aliphatic rings. The van der Waals surface area contributed by atoms with Crippen LogP contribution < -0.4 is 0 Å². The van der Waals surface area contributed by atoms with E-state index in [0.717, 1.165) is 44.5 Å². The summed E-state index contributed by atoms with van der Waals surface area (Å²) in [6.07, 6.45) is 6.76. The van der Waals surface area contributed by atoms with E-state index in [2.05, 4.69) is 168 Å². The predicted molar refractivity (Wildman–Crippen MR) is 211 cm³/mol. The monoisotopic (exact) mass is 674 g/mol. The predicted octanol–water partition coefficient (Wildman–Crippen LogP) is 11.3. The van der Waals surface area contributed by atoms with Crippen molar-refractivity contribution >= 4 is 0 Å². The molecule has 246 valence electrons. The SMILES string of the molecule is N#Cc1cncc(-c2ccc(-c3ccc4c(c3)-c3cc(-c5ccc(-c6cncc(C#N)c6)cc5)ccc3C4(c3ccccc3)c3ccccc3)cc2)c1. The summed E-state index contributed by atoms with van der Waals surface area (Å²) in [5, 5.41) is 18.8. The Balaban J connectivity index is 1.20. The number of nitriles is 2. The molecule has 4 nitrogen and oxygen atoms in total. The number of hydrogen-bond acceptors (Lipinski definition) is 4. The molecule has 0 spiro atoms. The number of fused-ring (bicyclic) bond motifs is 3. The fourth-order valence-corrected chi connectivity index (χ4v) is 7.89. The summed E-state index contributed by atoms with van der Waals surface area (Å²) in [6, 6.07) is 60.6. The molecule has 8 aromatic rings. The first-order chi connectivity index (χ1) is 26.1. The van der Waals surface area contributed by atoms with Gasteiger partial charge in [-0.2, -0.15) is 10.5 Å². The lowest BCUT2D eigenvalue weighted by molar-refractivity contribution is 0.768. The Morgan fingerprint density at radius 3 is 1.09 bits per heavy atom. The summed E-state index contributed by atoms with van der Waals surface area (Å²) in [4.78, 5) is 8.51. The number of nitrogens with zero attached hydrogens (tertiary/aromatic N) is 4. The number of aromatic nitrogens is 2. The second-order valence-electron chi connectivity index (χ2n) is 13.3. The molecule has 0 fully saturated rings. The molecule has 0 atom stereocenters. The summed E-state index contributed by atoms with van der Waals surface area (Å²) < 4.78 is 0. The lowest BCUT2D eigenvalue weighted by Gasteiger charge is -2.34. The van der Waals surface area contributed by atoms with Crippen molar-refractivity contribution in [3.63, 3.8) is 0 Å². The third kappa shape index (κ3) is 5.38. The second kappa shape index (κ2) is 13.1. The lowest BCUT2D eigenvalue weighted by Crippen LogP contribution is -2.28. The van der Waals surface area contributed by atoms with Crippen LogP contribution in [0.5, 0.6) is 0 Å². The Morgan fingerprint density at radius 2 is 0.717 bits per heavy atom. The molecule has 0 saturated heterocycles. The molecule has 0 N–H and O–H groups in total. The smallest absolute Gasteiger partial charge is 0.101 e. The minimum absolute atomic E-state index is 0.504. The van der Waals surface area contributed by atoms with E-state index in [4.69, 9.17) is 0 Å². The van der Waals surface area contributed by atoms with E-state index in [-0.39, 0.29) is 0 Å². The third-order valence-electron chi connectivity index (χ3n) is 10.4. The van der Waals surface area contributed by atoms with Crippen LogP contribution in [0.25, 0.3) is 55.6 Å². The van der Waals surface area contributed by atoms with Crippen LogP contribution in [0.15, 0.2) is 183 Å². The molecule has 1 aliphatic carbocycles. The molecule has 0 bridgehead atoms. The highest BCUT2D eigenvalue weighted by atomic mass is 14.6. The van der Waals surface area contributed by atoms with Gasteiger partial charge < -0.3 is 0 Å². The minimum atomic E-state index is -0.504. The van der Waals surface area contributed by atoms with Crippen molar-refractivity contribution in [2.24, 2.45) is 0 Å². The van der Waals surface area contributed by atoms with Gasteiger partial charge in [0.2, 0.25) is 0 Å². The molecular formula is C49H30N4. The van der Waals surface area contributed by atoms with Crippen molar-refractivity contribution < 1.29 is 0 Å². The van der Waals surface area contributed by atoms with Gasteiger partial charge in [-0.3, -0.25) is 9.97 Å². The molecular weight excluding hydrogens is 645 g/mol. The zero-order chi connectivity index (χ0) is 35.8. The van der Waals surface area contributed by atoms with Gasteiger partial charge in [-0.25, -0.2) is 0 Å². The second-order valence-corrected chi connectivity index (χ2v) is 13.3. The summed E-state index contributed by atoms with van der Waals surface area (Å²) in [5.74, 6) is 0. The maximum atomic E-state index is 9.38. The number of pyridine rings is 2. The summed E-state index contributed by atoms with van der Waals surface area (Å²) in [7, 11) is 0. The Morgan fingerprint density at radius 1 is 0.358 bits per heavy atom. The Bertz CT molecular complexity index is 2530. The highest BCUT2D eigenvalue weighted by Gasteiger charge is 2.46. The highest BCUT2D eigenvalue weighted by molar-refractivity contribution is 5.91. The summed E-state index contributed by atoms with van der Waals surface area (Å²) >= 11 is 0. The Hall–Kier alpha value is -7.40. The van der Waals surface area contributed by atoms with Gasteiger partial charge in [0, 0.05) is 35.9 Å². The van der Waals surface area contributed by atoms with E-state index < -0.39 is 5.41 Å². The zero-order valence-corrected chi connectivity index (χ0v) is 28.6. The van der Waals surface area contributed by atoms with Gasteiger partial charge in [0.15, 0.2) is 0 Å². The number of rotatable bonds is 6. The molecule has 6 aromatic carbocycles. The van der Waals surface area contributed by atoms with Gasteiger partial charge in [-0.05, 0) is 91.0 Å². The van der Waals surface area contributed by atoms with E-state index in [1.165, 1.54) is 33.4 Å². The van der Waals surface area contributed by atoms with Crippen LogP contribution in [0.4, 0.5) is 0 Å². The largest absolute Gasteiger partial charge is 0.263 e. The summed E-state index contributed by atoms with van der Waals surface area (Å²) in [6.45, 7) is 0. The molecule has 53 heavy (non-hydrogen) atoms. The molecule has 0 amide bonds. The van der Waals surface area contributed by atoms with E-state index >= 15 is 0 Å². The minimum Gasteiger partial charge on any atom is -0.263 e. The van der Waals surface area contributed by atoms with Crippen LogP contribution in [-0.4, -0.2) is 9.97 Å². The molecule has 0 radical (unpaired) electrons. The molecule has 9 rings (SSSR count). The van der Waals surface area contributed by atoms with Gasteiger partial charge in [0.05, 0.1) is 16.5 Å². The normalized spacial score (nSPS) is 12.3. The van der Waals surface area contributed by atoms with E-state index in [1.807, 2.05) is 12.1 Å². The first-order valence-corrected chi connectivity index (χ1v) is 17.5. The quantitative estimate of drug-likeness (QED) is 0.176. The molecule has 4 heteroatoms. The van der Waals surface area contributed by atoms with Gasteiger partial charge >= 0.3 is 0 Å². The molecule has 2 heterocycles. The first kappa shape index (κ1) is 31.6. The van der Waals surface area contributed by atoms with Crippen LogP contribution in [0.3, 0.4) is 0 Å². The van der Waals surface area contributed by atoms with Crippen LogP contribution in [-0.2, 0) is 5.41 Å². The van der Waals surface area contributed by atoms with Crippen molar-refractivity contribution in [3.8, 4) is 67.8 Å². The van der Waals surface area contributed by atoms with Gasteiger partial charge in [0.25, 0.3) is 0 Å². The van der Waals surface area contributed by atoms with Crippen LogP contribution in [0, 0.1) is 22.7 Å². The third-order valence-corrected chi connectivity index (χ3v) is 10.4. The highest BCUT2D eigenvalue weighted by Crippen LogP contribution is 2.57. The van der Waals surface area contributed by atoms with Crippen molar-refractivity contribution in [1.29, 1.82) is 10.5 Å². The van der Waals surface area contributed by atoms with Crippen LogP contribution >= 0.6 is 0 Å². The average Bonchev–Trinajstić information content (AvgIpc) is 3.54. The topological polar surface area (TPSA) is 73.4 Å². The van der Waals surface area contributed by atoms with Crippen molar-refractivity contribution in [2.75, 3.05) is 0 Å². The summed E-state index contributed by atoms with van der Waals surface area (Å²) in [5.41, 5.74) is 16.3. The fraction of sp³-hybridized carbons (Fsp3) is 0.0204. The molecule has 2 aromatic heterocycles. The molecule has 0 saturated carbocycles. The van der Waals surface area contributed by atoms with Crippen molar-refractivity contribution in [3.05, 3.63) is 216 Å². The maximum Gasteiger partial charge on any atom is 0.101 e. The number of hydrogen-bond donors (Lipinski definition) is 0. The zero-order valence-electron chi connectivity index (χ0n) is 28.6. The Kier molecular flexibility index (Phi) is 7.77. The van der Waals surface area contributed by atoms with Crippen LogP contribution in [0.1, 0.15) is 33.4 Å². The average molecular weight is 675 g/mol. The van der Waals surface area contributed by atoms with Crippen molar-refractivity contribution in [2.45, 2.75) is 5.41 Å². The maximum absolute atomic E-state index is 9.38. The van der Waals surface area contributed by atoms with Gasteiger partial charge in [0.1, 0.15) is 12.1 Å². The fourth-order valence-electron chi connectivity index (χ4n) is 7.89. The number of benzene rings is 6. The first-order valence-electron chi connectivity index (χ1n) is 17.5. The van der Waals surface area contributed by atoms with E-state index in [9.17, 15) is 10.5 Å². The van der Waals surface area contributed by atoms with E-state index in [0.29, 0.717) is 11.1 Å². The lowest BCUT2D eigenvalue weighted by atomic mass is 9.67. The standard InChI is InChI=1S/C49H30N4/c50-27-33-23-41(31-52-29-33)37-15-11-35(12-16-37)39-19-21-47-45(25-39)46-26-40(36-13-17-38(18-14-36)42-24-34(28-51)30-53-32-42)20-22-48(46)49(47,43-7-3-1-4-8-43)44-9-5-2-6-10-44/h1-26,29-32H. The van der Waals surface area contributed by atoms with E-state index in [1.54, 1.807) is 24.8 Å². The molecule has 0 unspecified atom stereocenters.